The summed E-state index contributed by atoms with van der Waals surface area (Å²) in [4.78, 5) is 38.0. The Bertz CT molecular complexity index is 1450. The van der Waals surface area contributed by atoms with Crippen LogP contribution in [0, 0.1) is 0 Å². The predicted octanol–water partition coefficient (Wildman–Crippen LogP) is 17.1. The van der Waals surface area contributed by atoms with Gasteiger partial charge in [0.25, 0.3) is 0 Å². The lowest BCUT2D eigenvalue weighted by Gasteiger charge is -2.18. The van der Waals surface area contributed by atoms with Crippen molar-refractivity contribution in [2.24, 2.45) is 0 Å². The molecule has 65 heavy (non-hydrogen) atoms. The van der Waals surface area contributed by atoms with Gasteiger partial charge in [0, 0.05) is 19.3 Å². The van der Waals surface area contributed by atoms with Gasteiger partial charge in [0.2, 0.25) is 0 Å². The third-order valence-corrected chi connectivity index (χ3v) is 10.3. The van der Waals surface area contributed by atoms with Crippen molar-refractivity contribution in [3.8, 4) is 0 Å². The summed E-state index contributed by atoms with van der Waals surface area (Å²) >= 11 is 0. The molecule has 0 aliphatic heterocycles. The molecule has 0 heterocycles. The Morgan fingerprint density at radius 1 is 0.338 bits per heavy atom. The molecule has 0 saturated heterocycles. The Labute approximate surface area is 398 Å². The lowest BCUT2D eigenvalue weighted by atomic mass is 10.1. The van der Waals surface area contributed by atoms with Crippen LogP contribution in [0.25, 0.3) is 0 Å². The van der Waals surface area contributed by atoms with E-state index >= 15 is 0 Å². The first-order chi connectivity index (χ1) is 32.0. The first-order valence-electron chi connectivity index (χ1n) is 25.8. The molecule has 0 aromatic carbocycles. The molecule has 0 aromatic heterocycles. The summed E-state index contributed by atoms with van der Waals surface area (Å²) in [5.41, 5.74) is 0. The van der Waals surface area contributed by atoms with E-state index < -0.39 is 6.10 Å². The molecule has 0 N–H and O–H groups in total. The van der Waals surface area contributed by atoms with E-state index in [0.717, 1.165) is 128 Å². The van der Waals surface area contributed by atoms with Crippen LogP contribution in [0.4, 0.5) is 0 Å². The highest BCUT2D eigenvalue weighted by atomic mass is 16.6. The number of hydrogen-bond donors (Lipinski definition) is 0. The third-order valence-electron chi connectivity index (χ3n) is 10.3. The van der Waals surface area contributed by atoms with Gasteiger partial charge in [0.05, 0.1) is 0 Å². The van der Waals surface area contributed by atoms with Crippen molar-refractivity contribution in [1.82, 2.24) is 0 Å². The molecule has 0 fully saturated rings. The minimum Gasteiger partial charge on any atom is -0.462 e. The van der Waals surface area contributed by atoms with Crippen LogP contribution < -0.4 is 0 Å². The van der Waals surface area contributed by atoms with Crippen molar-refractivity contribution in [2.75, 3.05) is 13.2 Å². The van der Waals surface area contributed by atoms with Crippen molar-refractivity contribution in [2.45, 2.75) is 207 Å². The number of carbonyl (C=O) groups is 3. The van der Waals surface area contributed by atoms with Crippen LogP contribution in [-0.2, 0) is 28.6 Å². The standard InChI is InChI=1S/C59H92O6/c1-4-7-10-13-16-19-22-25-28-29-30-32-34-37-40-43-46-49-52-58(61)64-55-56(54-63-57(60)51-48-45-42-39-36-33-27-24-21-18-15-12-9-6-3)65-59(62)53-50-47-44-41-38-35-31-26-23-20-17-14-11-8-5-2/h8-14,16-23,25-26,28-32,56H,4-7,15,24,27,33-55H2,1-3H3/b11-8-,12-9-,13-10-,17-14-,19-16-,21-18-,23-20-,25-22-,29-28-,31-26-,32-30-. The maximum atomic E-state index is 12.8. The summed E-state index contributed by atoms with van der Waals surface area (Å²) in [6.07, 6.45) is 72.8. The minimum absolute atomic E-state index is 0.106. The molecule has 364 valence electrons. The van der Waals surface area contributed by atoms with Gasteiger partial charge < -0.3 is 14.2 Å². The zero-order valence-electron chi connectivity index (χ0n) is 41.4. The fraction of sp³-hybridized carbons (Fsp3) is 0.576. The molecule has 0 aliphatic carbocycles. The summed E-state index contributed by atoms with van der Waals surface area (Å²) in [6, 6.07) is 0. The lowest BCUT2D eigenvalue weighted by Crippen LogP contribution is -2.30. The van der Waals surface area contributed by atoms with Crippen molar-refractivity contribution in [1.29, 1.82) is 0 Å². The highest BCUT2D eigenvalue weighted by molar-refractivity contribution is 5.71. The monoisotopic (exact) mass is 897 g/mol. The summed E-state index contributed by atoms with van der Waals surface area (Å²) in [5, 5.41) is 0. The average molecular weight is 897 g/mol. The molecule has 1 unspecified atom stereocenters. The molecule has 0 saturated carbocycles. The van der Waals surface area contributed by atoms with E-state index in [9.17, 15) is 14.4 Å². The van der Waals surface area contributed by atoms with Gasteiger partial charge in [-0.15, -0.1) is 0 Å². The molecule has 6 nitrogen and oxygen atoms in total. The van der Waals surface area contributed by atoms with E-state index in [1.807, 2.05) is 60.8 Å². The number of carbonyl (C=O) groups excluding carboxylic acids is 3. The molecule has 0 spiro atoms. The molecule has 0 radical (unpaired) electrons. The summed E-state index contributed by atoms with van der Waals surface area (Å²) in [7, 11) is 0. The SMILES string of the molecule is CC\C=C/C=C\C=C/C=C\CCCCCCCC(=O)OC(COC(=O)CCCCCCC\C=C/C=C\C=C/C=C\C=C/CCC)COC(=O)CCCCCCCCC/C=C\C/C=C\CC. The maximum Gasteiger partial charge on any atom is 0.306 e. The largest absolute Gasteiger partial charge is 0.462 e. The quantitative estimate of drug-likeness (QED) is 0.0199. The second kappa shape index (κ2) is 52.2. The summed E-state index contributed by atoms with van der Waals surface area (Å²) < 4.78 is 16.8. The molecular formula is C59H92O6. The number of esters is 3. The smallest absolute Gasteiger partial charge is 0.306 e. The number of allylic oxidation sites excluding steroid dienone is 22. The molecular weight excluding hydrogens is 805 g/mol. The normalized spacial score (nSPS) is 13.2. The van der Waals surface area contributed by atoms with Crippen LogP contribution in [0.1, 0.15) is 201 Å². The first-order valence-corrected chi connectivity index (χ1v) is 25.8. The van der Waals surface area contributed by atoms with Crippen LogP contribution in [0.15, 0.2) is 134 Å². The molecule has 0 rings (SSSR count). The number of ether oxygens (including phenoxy) is 3. The number of hydrogen-bond acceptors (Lipinski definition) is 6. The second-order valence-corrected chi connectivity index (χ2v) is 16.5. The van der Waals surface area contributed by atoms with Crippen LogP contribution in [0.3, 0.4) is 0 Å². The molecule has 0 amide bonds. The fourth-order valence-corrected chi connectivity index (χ4v) is 6.52. The molecule has 0 aromatic rings. The van der Waals surface area contributed by atoms with E-state index in [1.54, 1.807) is 0 Å². The zero-order valence-corrected chi connectivity index (χ0v) is 41.4. The van der Waals surface area contributed by atoms with Crippen LogP contribution in [-0.4, -0.2) is 37.2 Å². The number of rotatable bonds is 44. The molecule has 0 aliphatic rings. The highest BCUT2D eigenvalue weighted by Gasteiger charge is 2.19. The fourth-order valence-electron chi connectivity index (χ4n) is 6.52. The number of unbranched alkanes of at least 4 members (excludes halogenated alkanes) is 18. The Hall–Kier alpha value is -4.45. The van der Waals surface area contributed by atoms with Crippen LogP contribution in [0.5, 0.6) is 0 Å². The van der Waals surface area contributed by atoms with E-state index in [4.69, 9.17) is 14.2 Å². The first kappa shape index (κ1) is 60.5. The second-order valence-electron chi connectivity index (χ2n) is 16.5. The lowest BCUT2D eigenvalue weighted by molar-refractivity contribution is -0.167. The third kappa shape index (κ3) is 50.4. The van der Waals surface area contributed by atoms with Gasteiger partial charge in [0.1, 0.15) is 13.2 Å². The van der Waals surface area contributed by atoms with Gasteiger partial charge >= 0.3 is 17.9 Å². The zero-order chi connectivity index (χ0) is 47.2. The van der Waals surface area contributed by atoms with Gasteiger partial charge in [0.15, 0.2) is 6.10 Å². The average Bonchev–Trinajstić information content (AvgIpc) is 3.30. The Morgan fingerprint density at radius 2 is 0.677 bits per heavy atom. The molecule has 6 heteroatoms. The minimum atomic E-state index is -0.810. The maximum absolute atomic E-state index is 12.8. The van der Waals surface area contributed by atoms with Crippen LogP contribution >= 0.6 is 0 Å². The Kier molecular flexibility index (Phi) is 48.6. The van der Waals surface area contributed by atoms with Crippen molar-refractivity contribution >= 4 is 17.9 Å². The summed E-state index contributed by atoms with van der Waals surface area (Å²) in [5.74, 6) is -0.972. The van der Waals surface area contributed by atoms with Gasteiger partial charge in [-0.25, -0.2) is 0 Å². The predicted molar refractivity (Wildman–Crippen MR) is 279 cm³/mol. The van der Waals surface area contributed by atoms with Crippen LogP contribution in [0.2, 0.25) is 0 Å². The Morgan fingerprint density at radius 3 is 1.11 bits per heavy atom. The van der Waals surface area contributed by atoms with Crippen molar-refractivity contribution in [3.05, 3.63) is 134 Å². The van der Waals surface area contributed by atoms with E-state index in [0.29, 0.717) is 12.8 Å². The topological polar surface area (TPSA) is 78.9 Å². The molecule has 1 atom stereocenters. The van der Waals surface area contributed by atoms with Gasteiger partial charge in [-0.3, -0.25) is 14.4 Å². The van der Waals surface area contributed by atoms with E-state index in [-0.39, 0.29) is 37.5 Å². The van der Waals surface area contributed by atoms with E-state index in [1.165, 1.54) is 32.1 Å². The van der Waals surface area contributed by atoms with Crippen molar-refractivity contribution in [3.63, 3.8) is 0 Å². The van der Waals surface area contributed by atoms with Gasteiger partial charge in [-0.05, 0) is 83.5 Å². The van der Waals surface area contributed by atoms with Gasteiger partial charge in [-0.2, -0.15) is 0 Å². The Balaban J connectivity index is 4.52. The molecule has 0 bridgehead atoms. The van der Waals surface area contributed by atoms with Gasteiger partial charge in [-0.1, -0.05) is 231 Å². The van der Waals surface area contributed by atoms with Crippen molar-refractivity contribution < 1.29 is 28.6 Å². The van der Waals surface area contributed by atoms with E-state index in [2.05, 4.69) is 93.7 Å². The highest BCUT2D eigenvalue weighted by Crippen LogP contribution is 2.13. The summed E-state index contributed by atoms with van der Waals surface area (Å²) in [6.45, 7) is 6.24.